The lowest BCUT2D eigenvalue weighted by Crippen LogP contribution is -2.36. The van der Waals surface area contributed by atoms with Crippen LogP contribution < -0.4 is 0 Å². The lowest BCUT2D eigenvalue weighted by atomic mass is 9.96. The molecule has 0 atom stereocenters. The fourth-order valence-corrected chi connectivity index (χ4v) is 4.73. The van der Waals surface area contributed by atoms with Gasteiger partial charge in [0.05, 0.1) is 12.2 Å². The first kappa shape index (κ1) is 31.0. The molecule has 0 aliphatic carbocycles. The van der Waals surface area contributed by atoms with E-state index in [9.17, 15) is 27.9 Å². The molecular weight excluding hydrogens is 552 g/mol. The van der Waals surface area contributed by atoms with Crippen LogP contribution in [0.5, 0.6) is 0 Å². The van der Waals surface area contributed by atoms with Gasteiger partial charge in [0.15, 0.2) is 0 Å². The van der Waals surface area contributed by atoms with Gasteiger partial charge in [-0.1, -0.05) is 32.4 Å². The molecule has 0 aromatic carbocycles. The van der Waals surface area contributed by atoms with E-state index in [1.165, 1.54) is 41.8 Å². The van der Waals surface area contributed by atoms with E-state index in [1.807, 2.05) is 20.8 Å². The van der Waals surface area contributed by atoms with Gasteiger partial charge < -0.3 is 20.2 Å². The van der Waals surface area contributed by atoms with Crippen molar-refractivity contribution in [2.24, 2.45) is 5.41 Å². The molecule has 0 bridgehead atoms. The zero-order valence-corrected chi connectivity index (χ0v) is 22.8. The van der Waals surface area contributed by atoms with Gasteiger partial charge in [-0.15, -0.1) is 0 Å². The molecule has 208 valence electrons. The SMILES string of the molecule is CC(C)(C)CN(Cc1cc(-c2ccc(Cl)nc2)n(S(=O)(=O)c2cccnc2)c1)C(=O)O.O=C(O)C=CC(=O)O. The number of hydrogen-bond donors (Lipinski definition) is 3. The molecule has 0 saturated carbocycles. The molecule has 1 amide bonds. The van der Waals surface area contributed by atoms with Crippen molar-refractivity contribution in [3.8, 4) is 11.3 Å². The number of rotatable bonds is 8. The van der Waals surface area contributed by atoms with E-state index in [0.29, 0.717) is 35.5 Å². The number of aromatic nitrogens is 3. The molecule has 39 heavy (non-hydrogen) atoms. The number of hydrogen-bond acceptors (Lipinski definition) is 7. The lowest BCUT2D eigenvalue weighted by Gasteiger charge is -2.27. The number of nitrogens with zero attached hydrogens (tertiary/aromatic N) is 4. The summed E-state index contributed by atoms with van der Waals surface area (Å²) in [4.78, 5) is 40.1. The normalized spacial score (nSPS) is 11.5. The van der Waals surface area contributed by atoms with Crippen LogP contribution in [0.2, 0.25) is 5.15 Å². The monoisotopic (exact) mass is 578 g/mol. The van der Waals surface area contributed by atoms with E-state index in [4.69, 9.17) is 21.8 Å². The van der Waals surface area contributed by atoms with Crippen molar-refractivity contribution >= 4 is 39.7 Å². The van der Waals surface area contributed by atoms with Crippen molar-refractivity contribution in [2.75, 3.05) is 6.54 Å². The fourth-order valence-electron chi connectivity index (χ4n) is 3.26. The Labute approximate surface area is 229 Å². The number of carboxylic acids is 2. The third-order valence-corrected chi connectivity index (χ3v) is 6.62. The highest BCUT2D eigenvalue weighted by molar-refractivity contribution is 7.90. The minimum Gasteiger partial charge on any atom is -0.478 e. The summed E-state index contributed by atoms with van der Waals surface area (Å²) < 4.78 is 27.7. The number of halogens is 1. The van der Waals surface area contributed by atoms with Crippen LogP contribution in [0.1, 0.15) is 26.3 Å². The number of amides is 1. The van der Waals surface area contributed by atoms with Crippen LogP contribution in [0.3, 0.4) is 0 Å². The highest BCUT2D eigenvalue weighted by Gasteiger charge is 2.25. The number of aliphatic carboxylic acids is 2. The first-order chi connectivity index (χ1) is 18.1. The predicted molar refractivity (Wildman–Crippen MR) is 142 cm³/mol. The molecule has 3 rings (SSSR count). The van der Waals surface area contributed by atoms with Crippen LogP contribution in [0.25, 0.3) is 11.3 Å². The van der Waals surface area contributed by atoms with Gasteiger partial charge in [0, 0.05) is 49.0 Å². The van der Waals surface area contributed by atoms with E-state index in [0.717, 1.165) is 3.97 Å². The average Bonchev–Trinajstić information content (AvgIpc) is 3.27. The van der Waals surface area contributed by atoms with Crippen molar-refractivity contribution in [1.29, 1.82) is 0 Å². The molecule has 12 nitrogen and oxygen atoms in total. The summed E-state index contributed by atoms with van der Waals surface area (Å²) >= 11 is 5.88. The Kier molecular flexibility index (Phi) is 10.3. The molecule has 0 aliphatic rings. The Hall–Kier alpha value is -4.23. The summed E-state index contributed by atoms with van der Waals surface area (Å²) in [6.45, 7) is 6.14. The highest BCUT2D eigenvalue weighted by Crippen LogP contribution is 2.28. The molecule has 14 heteroatoms. The fraction of sp³-hybridized carbons (Fsp3) is 0.240. The standard InChI is InChI=1S/C21H23ClN4O4S.C4H4O4/c1-21(2,3)14-25(20(27)28)12-15-9-18(16-6-7-19(22)24-10-16)26(13-15)31(29,30)17-5-4-8-23-11-17;5-3(6)1-2-4(7)8/h4-11,13H,12,14H2,1-3H3,(H,27,28);1-2H,(H,5,6)(H,7,8). The summed E-state index contributed by atoms with van der Waals surface area (Å²) in [5.74, 6) is -2.51. The highest BCUT2D eigenvalue weighted by atomic mass is 35.5. The molecule has 3 heterocycles. The van der Waals surface area contributed by atoms with Crippen molar-refractivity contribution in [3.63, 3.8) is 0 Å². The third-order valence-electron chi connectivity index (χ3n) is 4.73. The molecule has 0 spiro atoms. The summed E-state index contributed by atoms with van der Waals surface area (Å²) in [6, 6.07) is 7.87. The zero-order chi connectivity index (χ0) is 29.4. The van der Waals surface area contributed by atoms with Crippen LogP contribution in [0.15, 0.2) is 72.2 Å². The number of pyridine rings is 2. The minimum absolute atomic E-state index is 0.0186. The second kappa shape index (κ2) is 13.0. The zero-order valence-electron chi connectivity index (χ0n) is 21.2. The first-order valence-electron chi connectivity index (χ1n) is 11.2. The number of carboxylic acid groups (broad SMARTS) is 3. The average molecular weight is 579 g/mol. The third kappa shape index (κ3) is 9.54. The Bertz CT molecular complexity index is 1430. The van der Waals surface area contributed by atoms with Crippen LogP contribution in [0.4, 0.5) is 4.79 Å². The Morgan fingerprint density at radius 1 is 1.05 bits per heavy atom. The molecule has 3 aromatic heterocycles. The molecular formula is C25H27ClN4O8S. The van der Waals surface area contributed by atoms with Crippen LogP contribution in [-0.2, 0) is 26.2 Å². The van der Waals surface area contributed by atoms with Gasteiger partial charge in [-0.05, 0) is 41.3 Å². The van der Waals surface area contributed by atoms with Crippen LogP contribution in [-0.4, -0.2) is 67.2 Å². The topological polar surface area (TPSA) is 180 Å². The van der Waals surface area contributed by atoms with Crippen LogP contribution >= 0.6 is 11.6 Å². The van der Waals surface area contributed by atoms with Gasteiger partial charge in [-0.25, -0.2) is 31.8 Å². The van der Waals surface area contributed by atoms with Gasteiger partial charge in [-0.2, -0.15) is 0 Å². The maximum Gasteiger partial charge on any atom is 0.407 e. The molecule has 0 saturated heterocycles. The Morgan fingerprint density at radius 2 is 1.69 bits per heavy atom. The molecule has 3 N–H and O–H groups in total. The van der Waals surface area contributed by atoms with Gasteiger partial charge in [0.2, 0.25) is 0 Å². The smallest absolute Gasteiger partial charge is 0.407 e. The molecule has 0 aliphatic heterocycles. The molecule has 0 unspecified atom stereocenters. The second-order valence-corrected chi connectivity index (χ2v) is 11.5. The quantitative estimate of drug-likeness (QED) is 0.260. The largest absolute Gasteiger partial charge is 0.478 e. The van der Waals surface area contributed by atoms with Gasteiger partial charge >= 0.3 is 18.0 Å². The second-order valence-electron chi connectivity index (χ2n) is 9.30. The summed E-state index contributed by atoms with van der Waals surface area (Å²) in [5.41, 5.74) is 1.15. The Balaban J connectivity index is 0.000000580. The van der Waals surface area contributed by atoms with Crippen LogP contribution in [0, 0.1) is 5.41 Å². The van der Waals surface area contributed by atoms with Gasteiger partial charge in [0.1, 0.15) is 10.0 Å². The van der Waals surface area contributed by atoms with E-state index >= 15 is 0 Å². The maximum atomic E-state index is 13.3. The lowest BCUT2D eigenvalue weighted by molar-refractivity contribution is -0.134. The summed E-state index contributed by atoms with van der Waals surface area (Å²) in [6.07, 6.45) is 5.70. The van der Waals surface area contributed by atoms with E-state index in [1.54, 1.807) is 18.2 Å². The van der Waals surface area contributed by atoms with Crippen molar-refractivity contribution in [1.82, 2.24) is 18.8 Å². The molecule has 0 fully saturated rings. The summed E-state index contributed by atoms with van der Waals surface area (Å²) in [7, 11) is -3.97. The van der Waals surface area contributed by atoms with E-state index in [2.05, 4.69) is 9.97 Å². The van der Waals surface area contributed by atoms with E-state index < -0.39 is 28.1 Å². The van der Waals surface area contributed by atoms with Crippen molar-refractivity contribution < 1.29 is 38.1 Å². The summed E-state index contributed by atoms with van der Waals surface area (Å²) in [5, 5.41) is 25.5. The molecule has 3 aromatic rings. The maximum absolute atomic E-state index is 13.3. The first-order valence-corrected chi connectivity index (χ1v) is 13.0. The van der Waals surface area contributed by atoms with E-state index in [-0.39, 0.29) is 22.0 Å². The Morgan fingerprint density at radius 3 is 2.15 bits per heavy atom. The van der Waals surface area contributed by atoms with Crippen molar-refractivity contribution in [3.05, 3.63) is 78.0 Å². The van der Waals surface area contributed by atoms with Gasteiger partial charge in [-0.3, -0.25) is 4.98 Å². The number of carbonyl (C=O) groups is 3. The minimum atomic E-state index is -3.97. The van der Waals surface area contributed by atoms with Crippen molar-refractivity contribution in [2.45, 2.75) is 32.2 Å². The molecule has 0 radical (unpaired) electrons. The van der Waals surface area contributed by atoms with Gasteiger partial charge in [0.25, 0.3) is 10.0 Å². The predicted octanol–water partition coefficient (Wildman–Crippen LogP) is 4.07.